The van der Waals surface area contributed by atoms with Crippen LogP contribution in [0.4, 0.5) is 0 Å². The fourth-order valence-corrected chi connectivity index (χ4v) is 2.76. The van der Waals surface area contributed by atoms with E-state index in [4.69, 9.17) is 0 Å². The van der Waals surface area contributed by atoms with E-state index in [1.807, 2.05) is 19.3 Å². The van der Waals surface area contributed by atoms with Crippen molar-refractivity contribution < 1.29 is 0 Å². The van der Waals surface area contributed by atoms with Crippen LogP contribution in [-0.2, 0) is 6.42 Å². The zero-order valence-corrected chi connectivity index (χ0v) is 13.2. The predicted octanol–water partition coefficient (Wildman–Crippen LogP) is 3.09. The average Bonchev–Trinajstić information content (AvgIpc) is 2.87. The Balaban J connectivity index is 1.83. The first-order valence-electron chi connectivity index (χ1n) is 7.10. The van der Waals surface area contributed by atoms with Crippen molar-refractivity contribution in [2.45, 2.75) is 33.6 Å². The van der Waals surface area contributed by atoms with Crippen LogP contribution in [-0.4, -0.2) is 28.3 Å². The highest BCUT2D eigenvalue weighted by Gasteiger charge is 2.07. The van der Waals surface area contributed by atoms with Crippen molar-refractivity contribution in [3.05, 3.63) is 29.0 Å². The molecule has 0 fully saturated rings. The molecule has 4 nitrogen and oxygen atoms in total. The van der Waals surface area contributed by atoms with Gasteiger partial charge in [0.2, 0.25) is 0 Å². The van der Waals surface area contributed by atoms with Crippen LogP contribution in [0.25, 0.3) is 10.6 Å². The molecule has 2 rings (SSSR count). The normalized spacial score (nSPS) is 11.2. The molecule has 0 radical (unpaired) electrons. The summed E-state index contributed by atoms with van der Waals surface area (Å²) in [7, 11) is 0. The standard InChI is InChI=1S/C15H22N4S/c1-11(2)8-16-6-4-5-14-18-19-15(20-14)13-7-12(3)9-17-10-13/h7,9-11,16H,4-6,8H2,1-3H3. The molecule has 0 saturated heterocycles. The third-order valence-corrected chi connectivity index (χ3v) is 3.92. The van der Waals surface area contributed by atoms with Crippen LogP contribution in [0.3, 0.4) is 0 Å². The van der Waals surface area contributed by atoms with E-state index in [9.17, 15) is 0 Å². The molecular formula is C15H22N4S. The maximum absolute atomic E-state index is 4.27. The third kappa shape index (κ3) is 4.65. The number of aromatic nitrogens is 3. The minimum absolute atomic E-state index is 0.706. The van der Waals surface area contributed by atoms with Crippen molar-refractivity contribution in [3.8, 4) is 10.6 Å². The van der Waals surface area contributed by atoms with Gasteiger partial charge < -0.3 is 5.32 Å². The molecule has 0 unspecified atom stereocenters. The lowest BCUT2D eigenvalue weighted by molar-refractivity contribution is 0.542. The van der Waals surface area contributed by atoms with Gasteiger partial charge in [0.25, 0.3) is 0 Å². The number of hydrogen-bond acceptors (Lipinski definition) is 5. The second-order valence-corrected chi connectivity index (χ2v) is 6.52. The summed E-state index contributed by atoms with van der Waals surface area (Å²) in [4.78, 5) is 4.20. The van der Waals surface area contributed by atoms with Gasteiger partial charge in [-0.05, 0) is 44.0 Å². The molecule has 108 valence electrons. The highest BCUT2D eigenvalue weighted by molar-refractivity contribution is 7.14. The molecule has 0 aliphatic heterocycles. The maximum Gasteiger partial charge on any atom is 0.149 e. The summed E-state index contributed by atoms with van der Waals surface area (Å²) >= 11 is 1.67. The molecule has 0 bridgehead atoms. The number of nitrogens with one attached hydrogen (secondary N) is 1. The van der Waals surface area contributed by atoms with Crippen LogP contribution in [0.15, 0.2) is 18.5 Å². The molecule has 20 heavy (non-hydrogen) atoms. The smallest absolute Gasteiger partial charge is 0.149 e. The number of aryl methyl sites for hydroxylation is 2. The molecule has 0 spiro atoms. The molecule has 0 atom stereocenters. The first-order valence-corrected chi connectivity index (χ1v) is 7.92. The predicted molar refractivity (Wildman–Crippen MR) is 83.9 cm³/mol. The maximum atomic E-state index is 4.27. The van der Waals surface area contributed by atoms with E-state index >= 15 is 0 Å². The number of hydrogen-bond donors (Lipinski definition) is 1. The fourth-order valence-electron chi connectivity index (χ4n) is 1.90. The van der Waals surface area contributed by atoms with Crippen molar-refractivity contribution in [3.63, 3.8) is 0 Å². The number of rotatable bonds is 7. The second-order valence-electron chi connectivity index (χ2n) is 5.45. The van der Waals surface area contributed by atoms with Crippen molar-refractivity contribution in [2.75, 3.05) is 13.1 Å². The first-order chi connectivity index (χ1) is 9.65. The summed E-state index contributed by atoms with van der Waals surface area (Å²) in [6.45, 7) is 8.61. The Morgan fingerprint density at radius 2 is 2.10 bits per heavy atom. The van der Waals surface area contributed by atoms with Crippen molar-refractivity contribution in [2.24, 2.45) is 5.92 Å². The molecular weight excluding hydrogens is 268 g/mol. The largest absolute Gasteiger partial charge is 0.316 e. The Morgan fingerprint density at radius 1 is 1.25 bits per heavy atom. The third-order valence-electron chi connectivity index (χ3n) is 2.89. The summed E-state index contributed by atoms with van der Waals surface area (Å²) in [5.41, 5.74) is 2.21. The lowest BCUT2D eigenvalue weighted by Crippen LogP contribution is -2.21. The van der Waals surface area contributed by atoms with Crippen LogP contribution in [0.2, 0.25) is 0 Å². The average molecular weight is 290 g/mol. The van der Waals surface area contributed by atoms with Gasteiger partial charge in [-0.25, -0.2) is 0 Å². The quantitative estimate of drug-likeness (QED) is 0.796. The summed E-state index contributed by atoms with van der Waals surface area (Å²) in [5.74, 6) is 0.706. The highest BCUT2D eigenvalue weighted by Crippen LogP contribution is 2.23. The Labute approximate surface area is 124 Å². The van der Waals surface area contributed by atoms with Gasteiger partial charge in [-0.2, -0.15) is 0 Å². The molecule has 2 aromatic rings. The number of nitrogens with zero attached hydrogens (tertiary/aromatic N) is 3. The summed E-state index contributed by atoms with van der Waals surface area (Å²) in [6, 6.07) is 2.10. The Hall–Kier alpha value is -1.33. The zero-order valence-electron chi connectivity index (χ0n) is 12.4. The fraction of sp³-hybridized carbons (Fsp3) is 0.533. The van der Waals surface area contributed by atoms with Crippen molar-refractivity contribution in [1.82, 2.24) is 20.5 Å². The van der Waals surface area contributed by atoms with Gasteiger partial charge in [0, 0.05) is 24.4 Å². The number of pyridine rings is 1. The van der Waals surface area contributed by atoms with Crippen LogP contribution in [0.1, 0.15) is 30.8 Å². The molecule has 2 aromatic heterocycles. The van der Waals surface area contributed by atoms with Crippen molar-refractivity contribution >= 4 is 11.3 Å². The molecule has 2 heterocycles. The molecule has 0 aromatic carbocycles. The van der Waals surface area contributed by atoms with E-state index < -0.39 is 0 Å². The van der Waals surface area contributed by atoms with E-state index in [0.29, 0.717) is 5.92 Å². The van der Waals surface area contributed by atoms with Gasteiger partial charge in [0.15, 0.2) is 0 Å². The zero-order chi connectivity index (χ0) is 14.4. The topological polar surface area (TPSA) is 50.7 Å². The Bertz CT molecular complexity index is 536. The molecule has 0 amide bonds. The molecule has 5 heteroatoms. The second kappa shape index (κ2) is 7.45. The molecule has 0 aliphatic rings. The lowest BCUT2D eigenvalue weighted by Gasteiger charge is -2.05. The van der Waals surface area contributed by atoms with Gasteiger partial charge in [-0.3, -0.25) is 4.98 Å². The van der Waals surface area contributed by atoms with E-state index in [1.165, 1.54) is 0 Å². The Morgan fingerprint density at radius 3 is 2.85 bits per heavy atom. The summed E-state index contributed by atoms with van der Waals surface area (Å²) < 4.78 is 0. The monoisotopic (exact) mass is 290 g/mol. The van der Waals surface area contributed by atoms with Crippen molar-refractivity contribution in [1.29, 1.82) is 0 Å². The summed E-state index contributed by atoms with van der Waals surface area (Å²) in [5, 5.41) is 14.0. The molecule has 1 N–H and O–H groups in total. The molecule has 0 aliphatic carbocycles. The minimum atomic E-state index is 0.706. The van der Waals surface area contributed by atoms with Gasteiger partial charge >= 0.3 is 0 Å². The van der Waals surface area contributed by atoms with Crippen LogP contribution in [0.5, 0.6) is 0 Å². The van der Waals surface area contributed by atoms with Crippen LogP contribution in [0, 0.1) is 12.8 Å². The highest BCUT2D eigenvalue weighted by atomic mass is 32.1. The first kappa shape index (κ1) is 15.1. The van der Waals surface area contributed by atoms with Crippen LogP contribution < -0.4 is 5.32 Å². The van der Waals surface area contributed by atoms with Gasteiger partial charge in [-0.1, -0.05) is 25.2 Å². The van der Waals surface area contributed by atoms with E-state index in [2.05, 4.69) is 40.4 Å². The lowest BCUT2D eigenvalue weighted by atomic mass is 10.2. The van der Waals surface area contributed by atoms with Gasteiger partial charge in [0.1, 0.15) is 10.0 Å². The molecule has 0 saturated carbocycles. The van der Waals surface area contributed by atoms with E-state index in [-0.39, 0.29) is 0 Å². The van der Waals surface area contributed by atoms with Crippen LogP contribution >= 0.6 is 11.3 Å². The Kier molecular flexibility index (Phi) is 5.61. The summed E-state index contributed by atoms with van der Waals surface area (Å²) in [6.07, 6.45) is 5.79. The van der Waals surface area contributed by atoms with Gasteiger partial charge in [-0.15, -0.1) is 10.2 Å². The van der Waals surface area contributed by atoms with Gasteiger partial charge in [0.05, 0.1) is 0 Å². The van der Waals surface area contributed by atoms with E-state index in [1.54, 1.807) is 11.3 Å². The SMILES string of the molecule is Cc1cncc(-c2nnc(CCCNCC(C)C)s2)c1. The van der Waals surface area contributed by atoms with E-state index in [0.717, 1.165) is 47.1 Å². The minimum Gasteiger partial charge on any atom is -0.316 e.